The second kappa shape index (κ2) is 6.52. The molecule has 0 spiro atoms. The average molecular weight is 275 g/mol. The first kappa shape index (κ1) is 14.5. The van der Waals surface area contributed by atoms with Crippen molar-refractivity contribution < 1.29 is 9.59 Å². The van der Waals surface area contributed by atoms with Gasteiger partial charge < -0.3 is 16.8 Å². The highest BCUT2D eigenvalue weighted by atomic mass is 16.2. The molecule has 1 aliphatic rings. The summed E-state index contributed by atoms with van der Waals surface area (Å²) in [5.41, 5.74) is 11.9. The first-order valence-electron chi connectivity index (χ1n) is 7.03. The van der Waals surface area contributed by atoms with Gasteiger partial charge in [-0.25, -0.2) is 0 Å². The lowest BCUT2D eigenvalue weighted by Gasteiger charge is -2.29. The molecule has 1 aliphatic carbocycles. The lowest BCUT2D eigenvalue weighted by Crippen LogP contribution is -2.36. The Hall–Kier alpha value is -1.88. The molecule has 2 rings (SSSR count). The van der Waals surface area contributed by atoms with Gasteiger partial charge in [0.05, 0.1) is 11.3 Å². The van der Waals surface area contributed by atoms with Crippen LogP contribution in [0.2, 0.25) is 0 Å². The smallest absolute Gasteiger partial charge is 0.250 e. The SMILES string of the molecule is NCC1CCCCC1C(=O)Nc1ccccc1C(N)=O. The number of nitrogens with one attached hydrogen (secondary N) is 1. The van der Waals surface area contributed by atoms with Gasteiger partial charge in [-0.15, -0.1) is 0 Å². The minimum absolute atomic E-state index is 0.0612. The zero-order chi connectivity index (χ0) is 14.5. The van der Waals surface area contributed by atoms with Crippen LogP contribution in [-0.2, 0) is 4.79 Å². The van der Waals surface area contributed by atoms with Crippen molar-refractivity contribution in [2.45, 2.75) is 25.7 Å². The molecule has 0 saturated heterocycles. The predicted molar refractivity (Wildman–Crippen MR) is 78.1 cm³/mol. The zero-order valence-electron chi connectivity index (χ0n) is 11.5. The Balaban J connectivity index is 2.13. The van der Waals surface area contributed by atoms with E-state index in [2.05, 4.69) is 5.32 Å². The van der Waals surface area contributed by atoms with Gasteiger partial charge in [0, 0.05) is 5.92 Å². The number of carbonyl (C=O) groups is 2. The van der Waals surface area contributed by atoms with Crippen molar-refractivity contribution in [3.05, 3.63) is 29.8 Å². The van der Waals surface area contributed by atoms with E-state index < -0.39 is 5.91 Å². The normalized spacial score (nSPS) is 22.2. The standard InChI is InChI=1S/C15H21N3O2/c16-9-10-5-1-2-6-11(10)15(20)18-13-8-4-3-7-12(13)14(17)19/h3-4,7-8,10-11H,1-2,5-6,9,16H2,(H2,17,19)(H,18,20). The van der Waals surface area contributed by atoms with Gasteiger partial charge in [0.25, 0.3) is 5.91 Å². The second-order valence-electron chi connectivity index (χ2n) is 5.29. The van der Waals surface area contributed by atoms with Gasteiger partial charge in [0.15, 0.2) is 0 Å². The maximum atomic E-state index is 12.4. The second-order valence-corrected chi connectivity index (χ2v) is 5.29. The van der Waals surface area contributed by atoms with Gasteiger partial charge in [-0.1, -0.05) is 25.0 Å². The number of benzene rings is 1. The van der Waals surface area contributed by atoms with Crippen molar-refractivity contribution in [2.24, 2.45) is 23.3 Å². The molecule has 0 heterocycles. The van der Waals surface area contributed by atoms with Crippen LogP contribution in [0.25, 0.3) is 0 Å². The van der Waals surface area contributed by atoms with E-state index in [9.17, 15) is 9.59 Å². The summed E-state index contributed by atoms with van der Waals surface area (Å²) >= 11 is 0. The van der Waals surface area contributed by atoms with Crippen molar-refractivity contribution >= 4 is 17.5 Å². The molecule has 1 aromatic carbocycles. The Kier molecular flexibility index (Phi) is 4.74. The molecule has 0 radical (unpaired) electrons. The molecule has 108 valence electrons. The van der Waals surface area contributed by atoms with Crippen LogP contribution in [0.4, 0.5) is 5.69 Å². The molecule has 5 nitrogen and oxygen atoms in total. The first-order valence-corrected chi connectivity index (χ1v) is 7.03. The fourth-order valence-corrected chi connectivity index (χ4v) is 2.87. The molecule has 5 heteroatoms. The number of primary amides is 1. The van der Waals surface area contributed by atoms with Crippen molar-refractivity contribution in [3.8, 4) is 0 Å². The molecule has 5 N–H and O–H groups in total. The summed E-state index contributed by atoms with van der Waals surface area (Å²) in [5.74, 6) is -0.451. The van der Waals surface area contributed by atoms with Gasteiger partial charge in [-0.3, -0.25) is 9.59 Å². The summed E-state index contributed by atoms with van der Waals surface area (Å²) in [5, 5.41) is 2.83. The van der Waals surface area contributed by atoms with Crippen LogP contribution in [0.1, 0.15) is 36.0 Å². The van der Waals surface area contributed by atoms with Crippen LogP contribution in [0, 0.1) is 11.8 Å². The number of rotatable bonds is 4. The lowest BCUT2D eigenvalue weighted by atomic mass is 9.78. The van der Waals surface area contributed by atoms with Crippen molar-refractivity contribution in [1.82, 2.24) is 0 Å². The Morgan fingerprint density at radius 3 is 2.60 bits per heavy atom. The van der Waals surface area contributed by atoms with Crippen molar-refractivity contribution in [3.63, 3.8) is 0 Å². The van der Waals surface area contributed by atoms with Crippen LogP contribution in [0.5, 0.6) is 0 Å². The number of hydrogen-bond acceptors (Lipinski definition) is 3. The van der Waals surface area contributed by atoms with E-state index >= 15 is 0 Å². The summed E-state index contributed by atoms with van der Waals surface area (Å²) in [6, 6.07) is 6.79. The molecular weight excluding hydrogens is 254 g/mol. The predicted octanol–water partition coefficient (Wildman–Crippen LogP) is 1.49. The topological polar surface area (TPSA) is 98.2 Å². The molecule has 2 unspecified atom stereocenters. The molecule has 2 amide bonds. The molecule has 20 heavy (non-hydrogen) atoms. The van der Waals surface area contributed by atoms with Crippen LogP contribution >= 0.6 is 0 Å². The van der Waals surface area contributed by atoms with Crippen molar-refractivity contribution in [1.29, 1.82) is 0 Å². The largest absolute Gasteiger partial charge is 0.366 e. The molecule has 1 saturated carbocycles. The molecule has 0 aliphatic heterocycles. The summed E-state index contributed by atoms with van der Waals surface area (Å²) < 4.78 is 0. The number of anilines is 1. The summed E-state index contributed by atoms with van der Waals surface area (Å²) in [6.07, 6.45) is 4.02. The molecule has 0 bridgehead atoms. The summed E-state index contributed by atoms with van der Waals surface area (Å²) in [6.45, 7) is 0.523. The highest BCUT2D eigenvalue weighted by Crippen LogP contribution is 2.30. The van der Waals surface area contributed by atoms with Crippen LogP contribution in [-0.4, -0.2) is 18.4 Å². The minimum atomic E-state index is -0.542. The van der Waals surface area contributed by atoms with Crippen molar-refractivity contribution in [2.75, 3.05) is 11.9 Å². The number of carbonyl (C=O) groups excluding carboxylic acids is 2. The van der Waals surface area contributed by atoms with E-state index in [1.54, 1.807) is 24.3 Å². The zero-order valence-corrected chi connectivity index (χ0v) is 11.5. The molecular formula is C15H21N3O2. The van der Waals surface area contributed by atoms with E-state index in [-0.39, 0.29) is 17.7 Å². The number of nitrogens with two attached hydrogens (primary N) is 2. The molecule has 2 atom stereocenters. The van der Waals surface area contributed by atoms with E-state index in [1.807, 2.05) is 0 Å². The third kappa shape index (κ3) is 3.17. The average Bonchev–Trinajstić information content (AvgIpc) is 2.47. The molecule has 1 aromatic rings. The monoisotopic (exact) mass is 275 g/mol. The third-order valence-electron chi connectivity index (χ3n) is 4.00. The Labute approximate surface area is 118 Å². The Bertz CT molecular complexity index is 502. The van der Waals surface area contributed by atoms with Gasteiger partial charge in [0.1, 0.15) is 0 Å². The molecule has 1 fully saturated rings. The van der Waals surface area contributed by atoms with Crippen LogP contribution in [0.3, 0.4) is 0 Å². The molecule has 0 aromatic heterocycles. The highest BCUT2D eigenvalue weighted by Gasteiger charge is 2.30. The minimum Gasteiger partial charge on any atom is -0.366 e. The van der Waals surface area contributed by atoms with Gasteiger partial charge in [-0.05, 0) is 37.4 Å². The number of amides is 2. The van der Waals surface area contributed by atoms with Crippen LogP contribution < -0.4 is 16.8 Å². The van der Waals surface area contributed by atoms with E-state index in [1.165, 1.54) is 0 Å². The summed E-state index contributed by atoms with van der Waals surface area (Å²) in [7, 11) is 0. The number of hydrogen-bond donors (Lipinski definition) is 3. The van der Waals surface area contributed by atoms with Gasteiger partial charge in [-0.2, -0.15) is 0 Å². The fraction of sp³-hybridized carbons (Fsp3) is 0.467. The maximum Gasteiger partial charge on any atom is 0.250 e. The Morgan fingerprint density at radius 1 is 1.20 bits per heavy atom. The number of para-hydroxylation sites is 1. The van der Waals surface area contributed by atoms with Crippen LogP contribution in [0.15, 0.2) is 24.3 Å². The maximum absolute atomic E-state index is 12.4. The first-order chi connectivity index (χ1) is 9.63. The highest BCUT2D eigenvalue weighted by molar-refractivity contribution is 6.03. The third-order valence-corrected chi connectivity index (χ3v) is 4.00. The van der Waals surface area contributed by atoms with Gasteiger partial charge >= 0.3 is 0 Å². The Morgan fingerprint density at radius 2 is 1.90 bits per heavy atom. The van der Waals surface area contributed by atoms with E-state index in [0.717, 1.165) is 25.7 Å². The lowest BCUT2D eigenvalue weighted by molar-refractivity contribution is -0.122. The summed E-state index contributed by atoms with van der Waals surface area (Å²) in [4.78, 5) is 23.7. The van der Waals surface area contributed by atoms with E-state index in [0.29, 0.717) is 17.8 Å². The quantitative estimate of drug-likeness (QED) is 0.776. The van der Waals surface area contributed by atoms with E-state index in [4.69, 9.17) is 11.5 Å². The van der Waals surface area contributed by atoms with Gasteiger partial charge in [0.2, 0.25) is 5.91 Å². The fourth-order valence-electron chi connectivity index (χ4n) is 2.87.